The number of aryl methyl sites for hydroxylation is 1. The first kappa shape index (κ1) is 113. The van der Waals surface area contributed by atoms with Crippen molar-refractivity contribution in [1.29, 1.82) is 0 Å². The summed E-state index contributed by atoms with van der Waals surface area (Å²) in [6.45, 7) is 7.46. The number of hydrogen-bond donors (Lipinski definition) is 18. The molecule has 150 heavy (non-hydrogen) atoms. The fourth-order valence-corrected chi connectivity index (χ4v) is 20.7. The van der Waals surface area contributed by atoms with Gasteiger partial charge in [-0.25, -0.2) is 9.59 Å². The Morgan fingerprint density at radius 3 is 1.43 bits per heavy atom. The Labute approximate surface area is 863 Å². The minimum atomic E-state index is -4.82. The average Bonchev–Trinajstić information content (AvgIpc) is 0.742. The van der Waals surface area contributed by atoms with Crippen molar-refractivity contribution >= 4 is 233 Å². The maximum Gasteiger partial charge on any atom is 0.351 e. The molecule has 0 saturated heterocycles. The molecule has 0 saturated carbocycles. The number of methoxy groups -OCH3 is 5. The zero-order chi connectivity index (χ0) is 109. The van der Waals surface area contributed by atoms with Gasteiger partial charge in [0.05, 0.1) is 89.1 Å². The third kappa shape index (κ3) is 25.6. The average molecular weight is 2260 g/mol. The van der Waals surface area contributed by atoms with Crippen LogP contribution in [0.15, 0.2) is 287 Å². The Morgan fingerprint density at radius 2 is 0.840 bits per heavy atom. The molecular formula is C93H83CuN13O35S8. The molecule has 1 radical (unpaired) electrons. The van der Waals surface area contributed by atoms with Gasteiger partial charge in [-0.15, -0.1) is 30.7 Å². The number of H-pyrrole nitrogens is 1. The van der Waals surface area contributed by atoms with Crippen LogP contribution in [0.1, 0.15) is 39.5 Å². The Balaban J connectivity index is 0.000000203. The Hall–Kier alpha value is -15.5. The van der Waals surface area contributed by atoms with Crippen LogP contribution >= 0.6 is 10.9 Å². The molecule has 1 heterocycles. The van der Waals surface area contributed by atoms with Gasteiger partial charge in [-0.05, 0) is 212 Å². The molecule has 0 unspecified atom stereocenters. The number of aromatic amines is 1. The molecule has 0 aliphatic carbocycles. The summed E-state index contributed by atoms with van der Waals surface area (Å²) >= 11 is 0. The third-order valence-corrected chi connectivity index (χ3v) is 29.5. The smallest absolute Gasteiger partial charge is 0.351 e. The normalized spacial score (nSPS) is 12.2. The van der Waals surface area contributed by atoms with Crippen molar-refractivity contribution in [3.05, 3.63) is 251 Å². The van der Waals surface area contributed by atoms with Crippen LogP contribution in [0, 0.1) is 27.7 Å². The maximum absolute atomic E-state index is 12.3. The monoisotopic (exact) mass is 2260 g/mol. The van der Waals surface area contributed by atoms with E-state index in [9.17, 15) is 130 Å². The molecule has 0 bridgehead atoms. The van der Waals surface area contributed by atoms with E-state index in [4.69, 9.17) is 28.2 Å². The summed E-state index contributed by atoms with van der Waals surface area (Å²) in [6.07, 6.45) is 0. The van der Waals surface area contributed by atoms with Gasteiger partial charge in [0.15, 0.2) is 5.75 Å². The van der Waals surface area contributed by atoms with Gasteiger partial charge in [0.25, 0.3) is 70.8 Å². The number of anilines is 7. The van der Waals surface area contributed by atoms with Gasteiger partial charge < -0.3 is 73.9 Å². The standard InChI is InChI=1S/C45H35N7O13S3.C22H19N5O10S2.C14H17NO8S2.C12H12O4S.Cu/c1-24-43(68(61,62)63)20-26-19-28(10-13-31(26)45(24)65-3)46-27-9-12-30-25(18-27)8-15-37(44(30)54)50-51-38-23-41(64-2)39(22-40(38)53)52-48-35-17-16-34(32-14-11-29(21-33(32)35)66(55,56)57)47-49-36-6-4-5-7-42(36)67(58,59)60;1-10-16(39(34,35)36)8-11-7-12(38(31,32)33)9-15(17(11)18(10)37-2)24-21-25-20(26-22(30)27-21)23-14-6-4-3-5-13(14)19(28)29;1-7-12(25(20,21)22)6-9-11(24(17,18)19)5-4-10(15-8(2)16)13(9)14(7)23-3;1-8-11-5-4-10(17(13,14)15)7-9(11)3-6-12(8)16-2;/h4-23,46,53-54H,1-3H3,(H,55,56,57)(H,58,59,60)(H,61,62,63);3-9H,1-2H3,(H,28,29)(H,31,32,33)(H,34,35,36)(H3,23,24,25,26,27,30);4-6,20-22H,1-3H3,(H,15,16)(H,17,18,19);3-7H,1-2H3,(H,13,14,15);. The number of carboxylic acid groups (broad SMARTS) is 1. The number of rotatable bonds is 27. The molecule has 16 rings (SSSR count). The number of aromatic hydroxyl groups is 2. The van der Waals surface area contributed by atoms with Crippen molar-refractivity contribution in [1.82, 2.24) is 15.0 Å². The van der Waals surface area contributed by atoms with Gasteiger partial charge in [-0.1, -0.05) is 48.5 Å². The molecule has 789 valence electrons. The fraction of sp³-hybridized carbons (Fsp3) is 0.108. The van der Waals surface area contributed by atoms with Gasteiger partial charge in [0.1, 0.15) is 87.7 Å². The van der Waals surface area contributed by atoms with Crippen molar-refractivity contribution in [2.75, 3.05) is 56.8 Å². The summed E-state index contributed by atoms with van der Waals surface area (Å²) in [6, 6.07) is 49.3. The molecule has 0 aliphatic heterocycles. The van der Waals surface area contributed by atoms with E-state index < -0.39 is 129 Å². The topological polar surface area (TPSA) is 763 Å². The van der Waals surface area contributed by atoms with Crippen LogP contribution in [0.4, 0.5) is 74.5 Å². The number of aromatic carboxylic acids is 1. The Morgan fingerprint density at radius 1 is 0.347 bits per heavy atom. The van der Waals surface area contributed by atoms with E-state index in [1.54, 1.807) is 80.8 Å². The van der Waals surface area contributed by atoms with Crippen molar-refractivity contribution in [2.45, 2.75) is 73.8 Å². The molecule has 1 aromatic heterocycles. The SMILES string of the molecule is COc1c(C)c(S(=O)(=O)O)cc2cc(S(=O)(=O)O)cc(Nc3nc(Nc4ccccc4C(=O)O)nc(=O)[nH]3)c12.COc1c(C)c(S(O)(O)O)cc2c(S(=O)(=O)O)ccc(NC(C)=O)c12.COc1cc(N=Nc2ccc3cc(Nc4ccc5c(OC)c(C)c(S(=O)(=O)O)cc5c4)ccc3c2O)c(O)cc1N=Nc1ccc(N=Nc2ccccc2S(=O)(=O)O)c2ccc(S(=O)(=O)O)cc12.COc1ccc2cc(S(=O)(=O)O)ccc2c1C.[Cu]. The zero-order valence-electron chi connectivity index (χ0n) is 78.6. The largest absolute Gasteiger partial charge is 0.506 e. The van der Waals surface area contributed by atoms with E-state index in [2.05, 4.69) is 66.9 Å². The summed E-state index contributed by atoms with van der Waals surface area (Å²) in [5, 5.41) is 71.8. The molecular weight excluding hydrogens is 2180 g/mol. The first-order valence-corrected chi connectivity index (χ1v) is 53.6. The molecule has 57 heteroatoms. The van der Waals surface area contributed by atoms with E-state index >= 15 is 0 Å². The number of aromatic nitrogens is 3. The zero-order valence-corrected chi connectivity index (χ0v) is 86.1. The van der Waals surface area contributed by atoms with Gasteiger partial charge in [-0.2, -0.15) is 68.9 Å². The summed E-state index contributed by atoms with van der Waals surface area (Å²) in [4.78, 5) is 41.8. The Bertz CT molecular complexity index is 9300. The summed E-state index contributed by atoms with van der Waals surface area (Å²) in [7, 11) is -29.7. The predicted octanol–water partition coefficient (Wildman–Crippen LogP) is 19.3. The summed E-state index contributed by atoms with van der Waals surface area (Å²) < 4.78 is 288. The van der Waals surface area contributed by atoms with E-state index in [0.717, 1.165) is 70.6 Å². The maximum atomic E-state index is 12.3. The summed E-state index contributed by atoms with van der Waals surface area (Å²) in [5.41, 5.74) is 1.72. The van der Waals surface area contributed by atoms with Crippen molar-refractivity contribution < 1.29 is 170 Å². The molecule has 0 spiro atoms. The van der Waals surface area contributed by atoms with Crippen LogP contribution in [-0.4, -0.2) is 182 Å². The van der Waals surface area contributed by atoms with Crippen LogP contribution in [0.25, 0.3) is 64.6 Å². The number of benzene rings is 15. The second kappa shape index (κ2) is 44.5. The van der Waals surface area contributed by atoms with E-state index in [0.29, 0.717) is 38.7 Å². The van der Waals surface area contributed by atoms with Crippen LogP contribution in [0.2, 0.25) is 0 Å². The molecule has 1 amide bonds. The van der Waals surface area contributed by atoms with Gasteiger partial charge in [-0.3, -0.25) is 41.6 Å². The minimum absolute atomic E-state index is 0. The minimum Gasteiger partial charge on any atom is -0.506 e. The number of para-hydroxylation sites is 1. The van der Waals surface area contributed by atoms with Crippen LogP contribution < -0.4 is 50.6 Å². The number of amides is 1. The van der Waals surface area contributed by atoms with E-state index in [1.165, 1.54) is 146 Å². The number of phenolic OH excluding ortho intramolecular Hbond substituents is 2. The molecule has 0 aliphatic rings. The number of nitrogens with one attached hydrogen (secondary N) is 5. The second-order valence-electron chi connectivity index (χ2n) is 31.8. The van der Waals surface area contributed by atoms with Crippen molar-refractivity contribution in [3.8, 4) is 40.2 Å². The van der Waals surface area contributed by atoms with Crippen LogP contribution in [-0.2, 0) is 92.7 Å². The third-order valence-electron chi connectivity index (χ3n) is 22.2. The number of phenols is 2. The van der Waals surface area contributed by atoms with Gasteiger partial charge >= 0.3 is 11.7 Å². The number of nitrogens with zero attached hydrogens (tertiary/aromatic N) is 8. The number of carboxylic acids is 1. The first-order valence-electron chi connectivity index (χ1n) is 42.0. The van der Waals surface area contributed by atoms with Gasteiger partial charge in [0, 0.05) is 102 Å². The molecule has 48 nitrogen and oxygen atoms in total. The number of azo groups is 3. The van der Waals surface area contributed by atoms with Crippen molar-refractivity contribution in [3.63, 3.8) is 0 Å². The number of carbonyl (C=O) groups excluding carboxylic acids is 1. The van der Waals surface area contributed by atoms with Gasteiger partial charge in [0.2, 0.25) is 17.8 Å². The molecule has 16 aromatic rings. The number of carbonyl (C=O) groups is 2. The molecule has 0 fully saturated rings. The predicted molar refractivity (Wildman–Crippen MR) is 547 cm³/mol. The molecule has 18 N–H and O–H groups in total. The van der Waals surface area contributed by atoms with E-state index in [1.807, 2.05) is 6.92 Å². The summed E-state index contributed by atoms with van der Waals surface area (Å²) in [5.74, 6) is -1.83. The van der Waals surface area contributed by atoms with Crippen LogP contribution in [0.3, 0.4) is 0 Å². The second-order valence-corrected chi connectivity index (χ2v) is 43.1. The quantitative estimate of drug-likeness (QED) is 0.0129. The van der Waals surface area contributed by atoms with Crippen LogP contribution in [0.5, 0.6) is 40.2 Å². The molecule has 15 aromatic carbocycles. The number of fused-ring (bicyclic) bond motifs is 6. The van der Waals surface area contributed by atoms with Crippen molar-refractivity contribution in [2.24, 2.45) is 30.7 Å². The number of hydrogen-bond acceptors (Lipinski definition) is 38. The molecule has 0 atom stereocenters. The first-order chi connectivity index (χ1) is 69.7. The fourth-order valence-electron chi connectivity index (χ4n) is 15.5. The Kier molecular flexibility index (Phi) is 33.6. The van der Waals surface area contributed by atoms with E-state index in [-0.39, 0.29) is 172 Å². The number of ether oxygens (including phenoxy) is 5.